The third-order valence-electron chi connectivity index (χ3n) is 4.50. The van der Waals surface area contributed by atoms with E-state index in [9.17, 15) is 0 Å². The zero-order valence-electron chi connectivity index (χ0n) is 14.2. The number of aromatic amines is 1. The summed E-state index contributed by atoms with van der Waals surface area (Å²) in [5.41, 5.74) is 4.11. The van der Waals surface area contributed by atoms with Crippen LogP contribution in [0.2, 0.25) is 0 Å². The lowest BCUT2D eigenvalue weighted by Gasteiger charge is -2.38. The van der Waals surface area contributed by atoms with Crippen LogP contribution in [0.3, 0.4) is 0 Å². The van der Waals surface area contributed by atoms with Crippen molar-refractivity contribution in [2.75, 3.05) is 33.4 Å². The minimum absolute atomic E-state index is 0.242. The van der Waals surface area contributed by atoms with E-state index in [4.69, 9.17) is 4.74 Å². The monoisotopic (exact) mass is 314 g/mol. The number of hydrogen-bond donors (Lipinski definition) is 3. The maximum Gasteiger partial charge on any atom is 0.191 e. The first-order valence-corrected chi connectivity index (χ1v) is 8.19. The molecule has 2 heterocycles. The number of nitrogens with zero attached hydrogens (tertiary/aromatic N) is 1. The lowest BCUT2D eigenvalue weighted by molar-refractivity contribution is -0.0971. The minimum Gasteiger partial charge on any atom is -0.380 e. The molecule has 3 N–H and O–H groups in total. The number of benzene rings is 1. The van der Waals surface area contributed by atoms with Crippen LogP contribution in [0.4, 0.5) is 0 Å². The molecular weight excluding hydrogens is 288 g/mol. The van der Waals surface area contributed by atoms with Gasteiger partial charge in [-0.05, 0) is 24.5 Å². The number of H-pyrrole nitrogens is 1. The van der Waals surface area contributed by atoms with E-state index >= 15 is 0 Å². The molecular formula is C18H26N4O. The molecule has 0 atom stereocenters. The highest BCUT2D eigenvalue weighted by atomic mass is 16.5. The molecule has 0 radical (unpaired) electrons. The summed E-state index contributed by atoms with van der Waals surface area (Å²) in [5, 5.41) is 8.10. The van der Waals surface area contributed by atoms with Crippen LogP contribution >= 0.6 is 0 Å². The molecule has 23 heavy (non-hydrogen) atoms. The first-order chi connectivity index (χ1) is 11.1. The summed E-state index contributed by atoms with van der Waals surface area (Å²) < 4.78 is 5.28. The summed E-state index contributed by atoms with van der Waals surface area (Å²) >= 11 is 0. The average Bonchev–Trinajstić information content (AvgIpc) is 2.93. The smallest absolute Gasteiger partial charge is 0.191 e. The van der Waals surface area contributed by atoms with E-state index in [0.29, 0.717) is 0 Å². The molecule has 0 bridgehead atoms. The lowest BCUT2D eigenvalue weighted by Crippen LogP contribution is -2.51. The van der Waals surface area contributed by atoms with Gasteiger partial charge in [-0.3, -0.25) is 4.99 Å². The van der Waals surface area contributed by atoms with Crippen LogP contribution in [-0.4, -0.2) is 44.3 Å². The fourth-order valence-electron chi connectivity index (χ4n) is 2.96. The molecule has 1 aromatic carbocycles. The van der Waals surface area contributed by atoms with Gasteiger partial charge in [0.2, 0.25) is 0 Å². The number of aromatic nitrogens is 1. The van der Waals surface area contributed by atoms with E-state index in [1.807, 2.05) is 7.05 Å². The number of aryl methyl sites for hydroxylation is 1. The Bertz CT molecular complexity index is 700. The van der Waals surface area contributed by atoms with E-state index < -0.39 is 0 Å². The van der Waals surface area contributed by atoms with Gasteiger partial charge in [0, 0.05) is 42.7 Å². The highest BCUT2D eigenvalue weighted by Crippen LogP contribution is 2.25. The van der Waals surface area contributed by atoms with Crippen LogP contribution in [-0.2, 0) is 11.2 Å². The van der Waals surface area contributed by atoms with Crippen molar-refractivity contribution in [2.24, 2.45) is 10.4 Å². The Balaban J connectivity index is 1.52. The molecule has 0 aliphatic carbocycles. The first-order valence-electron chi connectivity index (χ1n) is 8.19. The molecule has 124 valence electrons. The highest BCUT2D eigenvalue weighted by Gasteiger charge is 2.33. The van der Waals surface area contributed by atoms with Crippen LogP contribution in [0.5, 0.6) is 0 Å². The standard InChI is InChI=1S/C18H26N4O/c1-13-5-4-6-15-14(9-21-16(13)15)7-8-20-17(19-3)22-10-18(2)11-23-12-18/h4-6,9,21H,7-8,10-12H2,1-3H3,(H2,19,20,22). The Morgan fingerprint density at radius 3 is 2.87 bits per heavy atom. The second-order valence-electron chi connectivity index (χ2n) is 6.72. The second-order valence-corrected chi connectivity index (χ2v) is 6.72. The topological polar surface area (TPSA) is 61.4 Å². The number of para-hydroxylation sites is 1. The minimum atomic E-state index is 0.242. The summed E-state index contributed by atoms with van der Waals surface area (Å²) in [6.45, 7) is 7.76. The van der Waals surface area contributed by atoms with Gasteiger partial charge < -0.3 is 20.4 Å². The summed E-state index contributed by atoms with van der Waals surface area (Å²) in [7, 11) is 1.81. The van der Waals surface area contributed by atoms with Crippen molar-refractivity contribution in [3.63, 3.8) is 0 Å². The van der Waals surface area contributed by atoms with Crippen molar-refractivity contribution in [2.45, 2.75) is 20.3 Å². The van der Waals surface area contributed by atoms with Crippen molar-refractivity contribution in [3.8, 4) is 0 Å². The molecule has 0 unspecified atom stereocenters. The van der Waals surface area contributed by atoms with Crippen molar-refractivity contribution in [1.82, 2.24) is 15.6 Å². The van der Waals surface area contributed by atoms with Crippen LogP contribution in [0.1, 0.15) is 18.1 Å². The Morgan fingerprint density at radius 1 is 1.35 bits per heavy atom. The van der Waals surface area contributed by atoms with Crippen LogP contribution in [0, 0.1) is 12.3 Å². The molecule has 1 aromatic heterocycles. The van der Waals surface area contributed by atoms with Gasteiger partial charge in [0.1, 0.15) is 0 Å². The highest BCUT2D eigenvalue weighted by molar-refractivity contribution is 5.86. The van der Waals surface area contributed by atoms with Crippen molar-refractivity contribution >= 4 is 16.9 Å². The fourth-order valence-corrected chi connectivity index (χ4v) is 2.96. The van der Waals surface area contributed by atoms with E-state index in [1.165, 1.54) is 22.0 Å². The number of ether oxygens (including phenoxy) is 1. The third-order valence-corrected chi connectivity index (χ3v) is 4.50. The number of nitrogens with one attached hydrogen (secondary N) is 3. The predicted molar refractivity (Wildman–Crippen MR) is 95.0 cm³/mol. The van der Waals surface area contributed by atoms with Gasteiger partial charge >= 0.3 is 0 Å². The van der Waals surface area contributed by atoms with E-state index in [-0.39, 0.29) is 5.41 Å². The summed E-state index contributed by atoms with van der Waals surface area (Å²) in [4.78, 5) is 7.67. The molecule has 0 amide bonds. The molecule has 0 saturated carbocycles. The molecule has 0 spiro atoms. The van der Waals surface area contributed by atoms with Crippen molar-refractivity contribution in [1.29, 1.82) is 0 Å². The van der Waals surface area contributed by atoms with Crippen LogP contribution in [0.25, 0.3) is 10.9 Å². The molecule has 1 aliphatic heterocycles. The maximum atomic E-state index is 5.28. The summed E-state index contributed by atoms with van der Waals surface area (Å²) in [6, 6.07) is 6.43. The predicted octanol–water partition coefficient (Wildman–Crippen LogP) is 2.22. The Morgan fingerprint density at radius 2 is 2.17 bits per heavy atom. The van der Waals surface area contributed by atoms with Crippen molar-refractivity contribution < 1.29 is 4.74 Å². The first kappa shape index (κ1) is 15.9. The third kappa shape index (κ3) is 3.50. The zero-order valence-corrected chi connectivity index (χ0v) is 14.2. The number of rotatable bonds is 5. The normalized spacial score (nSPS) is 17.1. The molecule has 1 saturated heterocycles. The second kappa shape index (κ2) is 6.62. The maximum absolute atomic E-state index is 5.28. The largest absolute Gasteiger partial charge is 0.380 e. The Hall–Kier alpha value is -2.01. The van der Waals surface area contributed by atoms with E-state index in [0.717, 1.165) is 38.7 Å². The van der Waals surface area contributed by atoms with Gasteiger partial charge in [0.25, 0.3) is 0 Å². The van der Waals surface area contributed by atoms with Gasteiger partial charge in [-0.25, -0.2) is 0 Å². The Kier molecular flexibility index (Phi) is 4.57. The van der Waals surface area contributed by atoms with Gasteiger partial charge in [-0.1, -0.05) is 25.1 Å². The molecule has 2 aromatic rings. The molecule has 1 fully saturated rings. The SMILES string of the molecule is CN=C(NCCc1c[nH]c2c(C)cccc12)NCC1(C)COC1. The van der Waals surface area contributed by atoms with Gasteiger partial charge in [-0.15, -0.1) is 0 Å². The van der Waals surface area contributed by atoms with Gasteiger partial charge in [-0.2, -0.15) is 0 Å². The number of hydrogen-bond acceptors (Lipinski definition) is 2. The number of aliphatic imine (C=N–C) groups is 1. The van der Waals surface area contributed by atoms with Gasteiger partial charge in [0.05, 0.1) is 13.2 Å². The summed E-state index contributed by atoms with van der Waals surface area (Å²) in [5.74, 6) is 0.856. The quantitative estimate of drug-likeness (QED) is 0.586. The van der Waals surface area contributed by atoms with Crippen LogP contribution < -0.4 is 10.6 Å². The average molecular weight is 314 g/mol. The zero-order chi connectivity index (χ0) is 16.3. The molecule has 5 nitrogen and oxygen atoms in total. The Labute approximate surface area is 137 Å². The van der Waals surface area contributed by atoms with Gasteiger partial charge in [0.15, 0.2) is 5.96 Å². The fraction of sp³-hybridized carbons (Fsp3) is 0.500. The van der Waals surface area contributed by atoms with E-state index in [1.54, 1.807) is 0 Å². The number of guanidine groups is 1. The van der Waals surface area contributed by atoms with Crippen molar-refractivity contribution in [3.05, 3.63) is 35.5 Å². The lowest BCUT2D eigenvalue weighted by atomic mass is 9.89. The number of fused-ring (bicyclic) bond motifs is 1. The molecule has 1 aliphatic rings. The van der Waals surface area contributed by atoms with Crippen LogP contribution in [0.15, 0.2) is 29.4 Å². The summed E-state index contributed by atoms with van der Waals surface area (Å²) in [6.07, 6.45) is 3.08. The molecule has 5 heteroatoms. The van der Waals surface area contributed by atoms with E-state index in [2.05, 4.69) is 58.9 Å². The molecule has 3 rings (SSSR count).